The van der Waals surface area contributed by atoms with Gasteiger partial charge in [-0.2, -0.15) is 0 Å². The number of hydrogen-bond acceptors (Lipinski definition) is 4. The summed E-state index contributed by atoms with van der Waals surface area (Å²) in [6.45, 7) is 15.6. The maximum Gasteiger partial charge on any atom is 0.309 e. The van der Waals surface area contributed by atoms with Gasteiger partial charge < -0.3 is 20.1 Å². The maximum atomic E-state index is 12.4. The van der Waals surface area contributed by atoms with Gasteiger partial charge in [0.1, 0.15) is 0 Å². The summed E-state index contributed by atoms with van der Waals surface area (Å²) < 4.78 is 6.53. The lowest BCUT2D eigenvalue weighted by Gasteiger charge is -2.50. The number of fused-ring (bicyclic) bond motifs is 4. The van der Waals surface area contributed by atoms with Crippen molar-refractivity contribution in [3.05, 3.63) is 24.3 Å². The monoisotopic (exact) mass is 634 g/mol. The van der Waals surface area contributed by atoms with Crippen molar-refractivity contribution in [3.8, 4) is 0 Å². The third-order valence-corrected chi connectivity index (χ3v) is 16.9. The van der Waals surface area contributed by atoms with Crippen LogP contribution in [0.25, 0.3) is 0 Å². The topological polar surface area (TPSA) is 121 Å². The molecule has 252 valence electrons. The van der Waals surface area contributed by atoms with Crippen LogP contribution in [-0.4, -0.2) is 45.4 Å². The zero-order valence-electron chi connectivity index (χ0n) is 28.1. The van der Waals surface area contributed by atoms with Crippen LogP contribution < -0.4 is 0 Å². The van der Waals surface area contributed by atoms with E-state index in [1.807, 2.05) is 6.92 Å². The van der Waals surface area contributed by atoms with Gasteiger partial charge in [0.2, 0.25) is 0 Å². The van der Waals surface area contributed by atoms with E-state index in [-0.39, 0.29) is 45.0 Å². The highest BCUT2D eigenvalue weighted by molar-refractivity contribution is 5.79. The summed E-state index contributed by atoms with van der Waals surface area (Å²) in [6, 6.07) is 0. The van der Waals surface area contributed by atoms with Gasteiger partial charge in [0, 0.05) is 5.92 Å². The highest BCUT2D eigenvalue weighted by atomic mass is 16.5. The van der Waals surface area contributed by atoms with Crippen molar-refractivity contribution in [1.82, 2.24) is 0 Å². The molecule has 0 unspecified atom stereocenters. The van der Waals surface area contributed by atoms with Crippen LogP contribution in [0.2, 0.25) is 0 Å². The third kappa shape index (κ3) is 3.52. The van der Waals surface area contributed by atoms with Gasteiger partial charge in [0.05, 0.1) is 29.5 Å². The molecule has 7 nitrogen and oxygen atoms in total. The highest BCUT2D eigenvalue weighted by Crippen LogP contribution is 2.79. The lowest BCUT2D eigenvalue weighted by atomic mass is 9.53. The Bertz CT molecular complexity index is 1430. The minimum Gasteiger partial charge on any atom is -0.481 e. The molecule has 6 bridgehead atoms. The molecular formula is C39H54O7. The normalized spacial score (nSPS) is 55.5. The molecule has 7 heteroatoms. The van der Waals surface area contributed by atoms with Crippen molar-refractivity contribution < 1.29 is 34.4 Å². The average molecular weight is 635 g/mol. The van der Waals surface area contributed by atoms with E-state index < -0.39 is 29.2 Å². The minimum atomic E-state index is -0.929. The van der Waals surface area contributed by atoms with Gasteiger partial charge in [-0.3, -0.25) is 14.4 Å². The molecular weight excluding hydrogens is 580 g/mol. The van der Waals surface area contributed by atoms with Crippen LogP contribution in [0, 0.1) is 74.4 Å². The van der Waals surface area contributed by atoms with E-state index in [9.17, 15) is 29.7 Å². The standard InChI is InChI=1S/C20H28O4.C19H26O3/c1-11-9-20-10-12(11)5-6-13(20)18(2)7-4-8-19(3,17(23)24)15(18)14(20)16(21)22;1-11-8-18-9-12(11)4-5-13(18)19-7-3-6-17(2,10-22-19)15(19)14(18)16(20)21/h12-15H,1,4-10H2,2-3H3,(H,21,22)(H,23,24);12-15H,1,3-10H2,2H3,(H,20,21)/t12-,13+,14-,15+,18+,19-,20+;12-,13-,14-,15-,17-,18+,19-/m11/s1. The van der Waals surface area contributed by atoms with Crippen LogP contribution in [0.3, 0.4) is 0 Å². The molecule has 0 aromatic carbocycles. The first kappa shape index (κ1) is 31.1. The number of carboxylic acids is 3. The fraction of sp³-hybridized carbons (Fsp3) is 0.821. The number of ether oxygens (including phenoxy) is 1. The van der Waals surface area contributed by atoms with Crippen LogP contribution in [0.1, 0.15) is 111 Å². The summed E-state index contributed by atoms with van der Waals surface area (Å²) in [7, 11) is 0. The SMILES string of the molecule is C=C1C[C@]23C[C@H]1CC[C@H]2[C@@]12CCC[C@](C)(CO1)[C@H]2[C@@H]3C(=O)O.C=C1C[C@]23C[C@H]1CC[C@H]2[C@]1(C)CCC[C@@](C)(C(=O)O)[C@H]1[C@@H]3C(=O)O. The van der Waals surface area contributed by atoms with Crippen molar-refractivity contribution in [1.29, 1.82) is 0 Å². The summed E-state index contributed by atoms with van der Waals surface area (Å²) >= 11 is 0. The molecule has 1 saturated heterocycles. The predicted octanol–water partition coefficient (Wildman–Crippen LogP) is 7.60. The van der Waals surface area contributed by atoms with E-state index in [0.29, 0.717) is 30.1 Å². The van der Waals surface area contributed by atoms with Crippen LogP contribution in [0.4, 0.5) is 0 Å². The molecule has 0 aromatic heterocycles. The Morgan fingerprint density at radius 1 is 0.717 bits per heavy atom. The Morgan fingerprint density at radius 3 is 1.85 bits per heavy atom. The van der Waals surface area contributed by atoms with E-state index in [2.05, 4.69) is 27.0 Å². The molecule has 3 N–H and O–H groups in total. The Kier molecular flexibility index (Phi) is 6.44. The highest BCUT2D eigenvalue weighted by Gasteiger charge is 2.79. The van der Waals surface area contributed by atoms with Gasteiger partial charge in [-0.05, 0) is 142 Å². The average Bonchev–Trinajstić information content (AvgIpc) is 3.62. The summed E-state index contributed by atoms with van der Waals surface area (Å²) in [5.41, 5.74) is 1.06. The minimum absolute atomic E-state index is 0.0531. The molecule has 0 radical (unpaired) electrons. The van der Waals surface area contributed by atoms with Gasteiger partial charge in [-0.1, -0.05) is 44.6 Å². The van der Waals surface area contributed by atoms with Crippen LogP contribution >= 0.6 is 0 Å². The van der Waals surface area contributed by atoms with Crippen LogP contribution in [0.5, 0.6) is 0 Å². The van der Waals surface area contributed by atoms with Gasteiger partial charge in [0.15, 0.2) is 0 Å². The van der Waals surface area contributed by atoms with Crippen LogP contribution in [0.15, 0.2) is 24.3 Å². The molecule has 1 aliphatic heterocycles. The smallest absolute Gasteiger partial charge is 0.309 e. The van der Waals surface area contributed by atoms with Crippen molar-refractivity contribution in [2.75, 3.05) is 6.61 Å². The van der Waals surface area contributed by atoms with E-state index in [4.69, 9.17) is 4.74 Å². The number of carboxylic acid groups (broad SMARTS) is 3. The lowest BCUT2D eigenvalue weighted by molar-refractivity contribution is -0.166. The molecule has 2 spiro atoms. The number of hydrogen-bond donors (Lipinski definition) is 3. The summed E-state index contributed by atoms with van der Waals surface area (Å²) in [4.78, 5) is 37.0. The van der Waals surface area contributed by atoms with Crippen molar-refractivity contribution in [2.24, 2.45) is 74.4 Å². The predicted molar refractivity (Wildman–Crippen MR) is 172 cm³/mol. The van der Waals surface area contributed by atoms with Gasteiger partial charge >= 0.3 is 17.9 Å². The summed E-state index contributed by atoms with van der Waals surface area (Å²) in [6.07, 6.45) is 14.1. The molecule has 9 rings (SSSR count). The van der Waals surface area contributed by atoms with E-state index in [1.54, 1.807) is 0 Å². The van der Waals surface area contributed by atoms with Gasteiger partial charge in [-0.25, -0.2) is 0 Å². The molecule has 0 aromatic rings. The number of allylic oxidation sites excluding steroid dienone is 2. The molecule has 9 aliphatic rings. The second-order valence-electron chi connectivity index (χ2n) is 18.6. The van der Waals surface area contributed by atoms with Crippen molar-refractivity contribution in [2.45, 2.75) is 116 Å². The quantitative estimate of drug-likeness (QED) is 0.273. The van der Waals surface area contributed by atoms with E-state index in [0.717, 1.165) is 77.2 Å². The Balaban J connectivity index is 0.000000136. The first-order chi connectivity index (χ1) is 21.6. The zero-order valence-corrected chi connectivity index (χ0v) is 28.1. The second-order valence-corrected chi connectivity index (χ2v) is 18.6. The first-order valence-electron chi connectivity index (χ1n) is 18.3. The largest absolute Gasteiger partial charge is 0.481 e. The second kappa shape index (κ2) is 9.51. The number of aliphatic carboxylic acids is 3. The summed E-state index contributed by atoms with van der Waals surface area (Å²) in [5.74, 6) is -1.18. The third-order valence-electron chi connectivity index (χ3n) is 16.9. The van der Waals surface area contributed by atoms with E-state index >= 15 is 0 Å². The molecule has 9 fully saturated rings. The molecule has 46 heavy (non-hydrogen) atoms. The van der Waals surface area contributed by atoms with Crippen molar-refractivity contribution >= 4 is 17.9 Å². The Hall–Kier alpha value is -2.15. The Morgan fingerprint density at radius 2 is 1.26 bits per heavy atom. The molecule has 1 heterocycles. The van der Waals surface area contributed by atoms with Crippen LogP contribution in [-0.2, 0) is 19.1 Å². The summed E-state index contributed by atoms with van der Waals surface area (Å²) in [5, 5.41) is 30.4. The number of carbonyl (C=O) groups is 3. The first-order valence-corrected chi connectivity index (χ1v) is 18.3. The molecule has 8 saturated carbocycles. The Labute approximate surface area is 273 Å². The lowest BCUT2D eigenvalue weighted by Crippen LogP contribution is -2.50. The van der Waals surface area contributed by atoms with Crippen molar-refractivity contribution in [3.63, 3.8) is 0 Å². The van der Waals surface area contributed by atoms with E-state index in [1.165, 1.54) is 24.0 Å². The molecule has 14 atom stereocenters. The molecule has 8 aliphatic carbocycles. The van der Waals surface area contributed by atoms with Gasteiger partial charge in [-0.15, -0.1) is 0 Å². The fourth-order valence-corrected chi connectivity index (χ4v) is 15.7. The number of rotatable bonds is 3. The molecule has 0 amide bonds. The maximum absolute atomic E-state index is 12.4. The fourth-order valence-electron chi connectivity index (χ4n) is 15.7. The van der Waals surface area contributed by atoms with Gasteiger partial charge in [0.25, 0.3) is 0 Å². The zero-order chi connectivity index (χ0) is 32.8.